The summed E-state index contributed by atoms with van der Waals surface area (Å²) >= 11 is 0. The number of halogens is 1. The van der Waals surface area contributed by atoms with Crippen LogP contribution in [0.4, 0.5) is 4.39 Å². The van der Waals surface area contributed by atoms with E-state index >= 15 is 0 Å². The minimum atomic E-state index is -0.362. The third kappa shape index (κ3) is 2.54. The molecule has 2 aromatic carbocycles. The maximum atomic E-state index is 12.8. The standard InChI is InChI=1S/C16H12FNO2/c17-13-7-5-11(6-8-13)16(19)18-10-14-9-12-3-1-2-4-15(12)20-14/h1-9H,10H2,(H,18,19). The largest absolute Gasteiger partial charge is 0.459 e. The highest BCUT2D eigenvalue weighted by Gasteiger charge is 2.07. The van der Waals surface area contributed by atoms with Gasteiger partial charge in [-0.05, 0) is 36.4 Å². The topological polar surface area (TPSA) is 42.2 Å². The molecule has 1 aromatic heterocycles. The average Bonchev–Trinajstić information content (AvgIpc) is 2.88. The summed E-state index contributed by atoms with van der Waals surface area (Å²) in [5, 5.41) is 3.74. The first-order chi connectivity index (χ1) is 9.72. The lowest BCUT2D eigenvalue weighted by Gasteiger charge is -2.02. The van der Waals surface area contributed by atoms with Gasteiger partial charge >= 0.3 is 0 Å². The van der Waals surface area contributed by atoms with E-state index in [1.165, 1.54) is 24.3 Å². The van der Waals surface area contributed by atoms with Crippen LogP contribution in [-0.4, -0.2) is 5.91 Å². The van der Waals surface area contributed by atoms with Crippen molar-refractivity contribution in [2.24, 2.45) is 0 Å². The van der Waals surface area contributed by atoms with Gasteiger partial charge in [-0.2, -0.15) is 0 Å². The Kier molecular flexibility index (Phi) is 3.21. The van der Waals surface area contributed by atoms with E-state index in [0.29, 0.717) is 17.9 Å². The summed E-state index contributed by atoms with van der Waals surface area (Å²) in [7, 11) is 0. The summed E-state index contributed by atoms with van der Waals surface area (Å²) in [4.78, 5) is 11.9. The van der Waals surface area contributed by atoms with E-state index in [-0.39, 0.29) is 11.7 Å². The van der Waals surface area contributed by atoms with E-state index in [2.05, 4.69) is 5.32 Å². The summed E-state index contributed by atoms with van der Waals surface area (Å²) < 4.78 is 18.4. The quantitative estimate of drug-likeness (QED) is 0.790. The average molecular weight is 269 g/mol. The SMILES string of the molecule is O=C(NCc1cc2ccccc2o1)c1ccc(F)cc1. The number of benzene rings is 2. The smallest absolute Gasteiger partial charge is 0.251 e. The lowest BCUT2D eigenvalue weighted by Crippen LogP contribution is -2.22. The second-order valence-electron chi connectivity index (χ2n) is 4.44. The van der Waals surface area contributed by atoms with E-state index < -0.39 is 0 Å². The molecule has 0 spiro atoms. The Bertz CT molecular complexity index is 714. The molecule has 1 amide bonds. The zero-order valence-corrected chi connectivity index (χ0v) is 10.6. The highest BCUT2D eigenvalue weighted by molar-refractivity contribution is 5.94. The van der Waals surface area contributed by atoms with Crippen LogP contribution in [0.2, 0.25) is 0 Å². The molecule has 0 saturated carbocycles. The molecule has 100 valence electrons. The fourth-order valence-corrected chi connectivity index (χ4v) is 1.99. The Morgan fingerprint density at radius 2 is 1.85 bits per heavy atom. The lowest BCUT2D eigenvalue weighted by atomic mass is 10.2. The summed E-state index contributed by atoms with van der Waals surface area (Å²) in [5.41, 5.74) is 1.21. The van der Waals surface area contributed by atoms with Crippen molar-refractivity contribution < 1.29 is 13.6 Å². The van der Waals surface area contributed by atoms with Crippen LogP contribution in [-0.2, 0) is 6.54 Å². The molecule has 3 aromatic rings. The van der Waals surface area contributed by atoms with Crippen LogP contribution in [0, 0.1) is 5.82 Å². The van der Waals surface area contributed by atoms with Crippen LogP contribution in [0.5, 0.6) is 0 Å². The predicted molar refractivity (Wildman–Crippen MR) is 73.8 cm³/mol. The van der Waals surface area contributed by atoms with Crippen LogP contribution in [0.15, 0.2) is 59.0 Å². The van der Waals surface area contributed by atoms with Gasteiger partial charge in [0.1, 0.15) is 17.2 Å². The number of carbonyl (C=O) groups excluding carboxylic acids is 1. The molecule has 0 aliphatic carbocycles. The number of nitrogens with one attached hydrogen (secondary N) is 1. The van der Waals surface area contributed by atoms with Gasteiger partial charge in [0.25, 0.3) is 5.91 Å². The second-order valence-corrected chi connectivity index (χ2v) is 4.44. The molecule has 4 heteroatoms. The maximum Gasteiger partial charge on any atom is 0.251 e. The fraction of sp³-hybridized carbons (Fsp3) is 0.0625. The van der Waals surface area contributed by atoms with E-state index in [1.54, 1.807) is 0 Å². The van der Waals surface area contributed by atoms with Gasteiger partial charge in [-0.15, -0.1) is 0 Å². The normalized spacial score (nSPS) is 10.7. The van der Waals surface area contributed by atoms with Gasteiger partial charge in [0, 0.05) is 10.9 Å². The molecule has 0 atom stereocenters. The van der Waals surface area contributed by atoms with E-state index in [4.69, 9.17) is 4.42 Å². The molecule has 3 nitrogen and oxygen atoms in total. The number of para-hydroxylation sites is 1. The summed E-state index contributed by atoms with van der Waals surface area (Å²) in [6.45, 7) is 0.297. The van der Waals surface area contributed by atoms with Crippen LogP contribution in [0.25, 0.3) is 11.0 Å². The van der Waals surface area contributed by atoms with Crippen LogP contribution in [0.1, 0.15) is 16.1 Å². The number of hydrogen-bond acceptors (Lipinski definition) is 2. The zero-order valence-electron chi connectivity index (χ0n) is 10.6. The molecule has 0 bridgehead atoms. The van der Waals surface area contributed by atoms with Gasteiger partial charge < -0.3 is 9.73 Å². The highest BCUT2D eigenvalue weighted by atomic mass is 19.1. The Balaban J connectivity index is 1.69. The number of fused-ring (bicyclic) bond motifs is 1. The van der Waals surface area contributed by atoms with E-state index in [1.807, 2.05) is 30.3 Å². The molecule has 3 rings (SSSR count). The van der Waals surface area contributed by atoms with Gasteiger partial charge in [0.2, 0.25) is 0 Å². The second kappa shape index (κ2) is 5.17. The Hall–Kier alpha value is -2.62. The molecule has 20 heavy (non-hydrogen) atoms. The van der Waals surface area contributed by atoms with Crippen molar-refractivity contribution in [2.75, 3.05) is 0 Å². The van der Waals surface area contributed by atoms with Crippen molar-refractivity contribution in [1.82, 2.24) is 5.32 Å². The minimum absolute atomic E-state index is 0.259. The third-order valence-electron chi connectivity index (χ3n) is 3.01. The fourth-order valence-electron chi connectivity index (χ4n) is 1.99. The van der Waals surface area contributed by atoms with Gasteiger partial charge in [-0.25, -0.2) is 4.39 Å². The number of carbonyl (C=O) groups is 1. The van der Waals surface area contributed by atoms with E-state index in [0.717, 1.165) is 11.0 Å². The Morgan fingerprint density at radius 1 is 1.10 bits per heavy atom. The first-order valence-corrected chi connectivity index (χ1v) is 6.23. The van der Waals surface area contributed by atoms with Crippen LogP contribution in [0.3, 0.4) is 0 Å². The van der Waals surface area contributed by atoms with Gasteiger partial charge in [0.15, 0.2) is 0 Å². The van der Waals surface area contributed by atoms with Crippen LogP contribution >= 0.6 is 0 Å². The molecule has 0 saturated heterocycles. The molecule has 0 fully saturated rings. The molecule has 1 N–H and O–H groups in total. The molecule has 0 aliphatic heterocycles. The molecule has 0 aliphatic rings. The Morgan fingerprint density at radius 3 is 2.60 bits per heavy atom. The van der Waals surface area contributed by atoms with Crippen molar-refractivity contribution in [3.05, 3.63) is 71.7 Å². The van der Waals surface area contributed by atoms with Gasteiger partial charge in [0.05, 0.1) is 6.54 Å². The zero-order chi connectivity index (χ0) is 13.9. The van der Waals surface area contributed by atoms with Crippen molar-refractivity contribution in [1.29, 1.82) is 0 Å². The molecule has 0 unspecified atom stereocenters. The number of amides is 1. The Labute approximate surface area is 115 Å². The van der Waals surface area contributed by atoms with Gasteiger partial charge in [-0.3, -0.25) is 4.79 Å². The van der Waals surface area contributed by atoms with Crippen molar-refractivity contribution in [3.8, 4) is 0 Å². The molecule has 1 heterocycles. The first kappa shape index (κ1) is 12.4. The summed E-state index contributed by atoms with van der Waals surface area (Å²) in [6.07, 6.45) is 0. The summed E-state index contributed by atoms with van der Waals surface area (Å²) in [5.74, 6) is 0.0611. The minimum Gasteiger partial charge on any atom is -0.459 e. The number of hydrogen-bond donors (Lipinski definition) is 1. The number of rotatable bonds is 3. The lowest BCUT2D eigenvalue weighted by molar-refractivity contribution is 0.0948. The highest BCUT2D eigenvalue weighted by Crippen LogP contribution is 2.18. The maximum absolute atomic E-state index is 12.8. The first-order valence-electron chi connectivity index (χ1n) is 6.23. The van der Waals surface area contributed by atoms with E-state index in [9.17, 15) is 9.18 Å². The monoisotopic (exact) mass is 269 g/mol. The predicted octanol–water partition coefficient (Wildman–Crippen LogP) is 3.50. The van der Waals surface area contributed by atoms with Crippen molar-refractivity contribution in [3.63, 3.8) is 0 Å². The molecule has 0 radical (unpaired) electrons. The third-order valence-corrected chi connectivity index (χ3v) is 3.01. The molecular formula is C16H12FNO2. The number of furan rings is 1. The van der Waals surface area contributed by atoms with Crippen LogP contribution < -0.4 is 5.32 Å². The molecular weight excluding hydrogens is 257 g/mol. The van der Waals surface area contributed by atoms with Gasteiger partial charge in [-0.1, -0.05) is 18.2 Å². The summed E-state index contributed by atoms with van der Waals surface area (Å²) in [6, 6.07) is 15.0. The van der Waals surface area contributed by atoms with Crippen molar-refractivity contribution in [2.45, 2.75) is 6.54 Å². The van der Waals surface area contributed by atoms with Crippen molar-refractivity contribution >= 4 is 16.9 Å².